The molecule has 0 bridgehead atoms. The number of anilines is 1. The van der Waals surface area contributed by atoms with Crippen molar-refractivity contribution in [3.05, 3.63) is 12.4 Å². The second-order valence-corrected chi connectivity index (χ2v) is 7.60. The van der Waals surface area contributed by atoms with Crippen LogP contribution in [0.1, 0.15) is 47.5 Å². The predicted octanol–water partition coefficient (Wildman–Crippen LogP) is 2.90. The topological polar surface area (TPSA) is 36.3 Å². The molecule has 0 aromatic carbocycles. The van der Waals surface area contributed by atoms with Crippen molar-refractivity contribution in [1.82, 2.24) is 19.6 Å². The maximum Gasteiger partial charge on any atom is 0.0728 e. The van der Waals surface area contributed by atoms with Crippen molar-refractivity contribution in [2.45, 2.75) is 65.6 Å². The Labute approximate surface area is 142 Å². The zero-order valence-corrected chi connectivity index (χ0v) is 15.7. The van der Waals surface area contributed by atoms with Crippen molar-refractivity contribution >= 4 is 5.69 Å². The lowest BCUT2D eigenvalue weighted by Gasteiger charge is -2.41. The molecule has 0 saturated carbocycles. The summed E-state index contributed by atoms with van der Waals surface area (Å²) in [5.41, 5.74) is 1.46. The number of hydrogen-bond acceptors (Lipinski definition) is 4. The van der Waals surface area contributed by atoms with Crippen molar-refractivity contribution in [3.8, 4) is 0 Å². The Kier molecular flexibility index (Phi) is 6.48. The van der Waals surface area contributed by atoms with E-state index in [4.69, 9.17) is 0 Å². The summed E-state index contributed by atoms with van der Waals surface area (Å²) in [5.74, 6) is 0. The fourth-order valence-corrected chi connectivity index (χ4v) is 3.27. The monoisotopic (exact) mass is 321 g/mol. The molecule has 0 spiro atoms. The van der Waals surface area contributed by atoms with Gasteiger partial charge in [-0.2, -0.15) is 5.10 Å². The Balaban J connectivity index is 1.77. The molecule has 0 unspecified atom stereocenters. The highest BCUT2D eigenvalue weighted by molar-refractivity contribution is 5.39. The summed E-state index contributed by atoms with van der Waals surface area (Å²) in [5, 5.41) is 8.16. The third kappa shape index (κ3) is 5.50. The largest absolute Gasteiger partial charge is 0.380 e. The fraction of sp³-hybridized carbons (Fsp3) is 0.833. The smallest absolute Gasteiger partial charge is 0.0728 e. The van der Waals surface area contributed by atoms with Gasteiger partial charge in [-0.25, -0.2) is 0 Å². The number of hydrogen-bond donors (Lipinski definition) is 1. The molecular weight excluding hydrogens is 286 g/mol. The molecule has 1 aliphatic rings. The molecule has 1 N–H and O–H groups in total. The third-order valence-electron chi connectivity index (χ3n) is 4.99. The Morgan fingerprint density at radius 3 is 2.43 bits per heavy atom. The SMILES string of the molecule is CCN(CC)CCn1cc(NC2CCN(C(C)(C)C)CC2)cn1. The van der Waals surface area contributed by atoms with Crippen LogP contribution >= 0.6 is 0 Å². The van der Waals surface area contributed by atoms with Crippen LogP contribution in [0.5, 0.6) is 0 Å². The first-order chi connectivity index (χ1) is 10.9. The molecule has 2 heterocycles. The number of likely N-dealkylation sites (tertiary alicyclic amines) is 1. The highest BCUT2D eigenvalue weighted by Gasteiger charge is 2.26. The van der Waals surface area contributed by atoms with Gasteiger partial charge < -0.3 is 10.2 Å². The fourth-order valence-electron chi connectivity index (χ4n) is 3.27. The van der Waals surface area contributed by atoms with E-state index >= 15 is 0 Å². The Hall–Kier alpha value is -1.07. The highest BCUT2D eigenvalue weighted by Crippen LogP contribution is 2.22. The average Bonchev–Trinajstić information content (AvgIpc) is 2.95. The van der Waals surface area contributed by atoms with Crippen LogP contribution in [0, 0.1) is 0 Å². The molecule has 0 radical (unpaired) electrons. The van der Waals surface area contributed by atoms with Crippen LogP contribution in [-0.2, 0) is 6.54 Å². The van der Waals surface area contributed by atoms with Gasteiger partial charge in [-0.1, -0.05) is 13.8 Å². The maximum atomic E-state index is 4.49. The number of piperidine rings is 1. The van der Waals surface area contributed by atoms with Crippen LogP contribution in [0.4, 0.5) is 5.69 Å². The van der Waals surface area contributed by atoms with Gasteiger partial charge in [-0.05, 0) is 46.7 Å². The van der Waals surface area contributed by atoms with Gasteiger partial charge in [0, 0.05) is 37.4 Å². The lowest BCUT2D eigenvalue weighted by Crippen LogP contribution is -2.48. The molecule has 1 aliphatic heterocycles. The van der Waals surface area contributed by atoms with Gasteiger partial charge in [-0.3, -0.25) is 9.58 Å². The molecule has 5 nitrogen and oxygen atoms in total. The Morgan fingerprint density at radius 2 is 1.87 bits per heavy atom. The van der Waals surface area contributed by atoms with Crippen molar-refractivity contribution in [3.63, 3.8) is 0 Å². The minimum absolute atomic E-state index is 0.292. The molecule has 23 heavy (non-hydrogen) atoms. The van der Waals surface area contributed by atoms with E-state index in [1.54, 1.807) is 0 Å². The Morgan fingerprint density at radius 1 is 1.22 bits per heavy atom. The van der Waals surface area contributed by atoms with E-state index in [1.807, 2.05) is 6.20 Å². The molecule has 0 aliphatic carbocycles. The first-order valence-corrected chi connectivity index (χ1v) is 9.18. The summed E-state index contributed by atoms with van der Waals surface area (Å²) in [7, 11) is 0. The second-order valence-electron chi connectivity index (χ2n) is 7.60. The van der Waals surface area contributed by atoms with Crippen molar-refractivity contribution in [2.24, 2.45) is 0 Å². The number of nitrogens with one attached hydrogen (secondary N) is 1. The number of likely N-dealkylation sites (N-methyl/N-ethyl adjacent to an activating group) is 1. The molecule has 1 saturated heterocycles. The standard InChI is InChI=1S/C18H35N5/c1-6-21(7-2)12-13-23-15-17(14-19-23)20-16-8-10-22(11-9-16)18(3,4)5/h14-16,20H,6-13H2,1-5H3. The normalized spacial score (nSPS) is 17.8. The summed E-state index contributed by atoms with van der Waals surface area (Å²) in [6.45, 7) is 17.9. The van der Waals surface area contributed by atoms with Crippen LogP contribution in [-0.4, -0.2) is 63.9 Å². The molecule has 132 valence electrons. The van der Waals surface area contributed by atoms with E-state index in [2.05, 4.69) is 65.7 Å². The summed E-state index contributed by atoms with van der Waals surface area (Å²) in [6.07, 6.45) is 6.54. The minimum atomic E-state index is 0.292. The predicted molar refractivity (Wildman–Crippen MR) is 98.0 cm³/mol. The molecule has 0 atom stereocenters. The zero-order chi connectivity index (χ0) is 16.9. The maximum absolute atomic E-state index is 4.49. The lowest BCUT2D eigenvalue weighted by atomic mass is 9.98. The van der Waals surface area contributed by atoms with E-state index in [-0.39, 0.29) is 0 Å². The van der Waals surface area contributed by atoms with Gasteiger partial charge >= 0.3 is 0 Å². The van der Waals surface area contributed by atoms with Crippen LogP contribution in [0.3, 0.4) is 0 Å². The highest BCUT2D eigenvalue weighted by atomic mass is 15.3. The number of nitrogens with zero attached hydrogens (tertiary/aromatic N) is 4. The lowest BCUT2D eigenvalue weighted by molar-refractivity contribution is 0.106. The average molecular weight is 322 g/mol. The first-order valence-electron chi connectivity index (χ1n) is 9.18. The van der Waals surface area contributed by atoms with E-state index in [1.165, 1.54) is 31.6 Å². The van der Waals surface area contributed by atoms with E-state index < -0.39 is 0 Å². The number of rotatable bonds is 7. The third-order valence-corrected chi connectivity index (χ3v) is 4.99. The van der Waals surface area contributed by atoms with Crippen LogP contribution in [0.15, 0.2) is 12.4 Å². The van der Waals surface area contributed by atoms with E-state index in [0.717, 1.165) is 26.2 Å². The molecule has 1 aromatic rings. The van der Waals surface area contributed by atoms with Gasteiger partial charge in [-0.15, -0.1) is 0 Å². The van der Waals surface area contributed by atoms with Gasteiger partial charge in [0.25, 0.3) is 0 Å². The van der Waals surface area contributed by atoms with Gasteiger partial charge in [0.1, 0.15) is 0 Å². The molecule has 2 rings (SSSR count). The Bertz CT molecular complexity index is 450. The first kappa shape index (κ1) is 18.3. The van der Waals surface area contributed by atoms with E-state index in [9.17, 15) is 0 Å². The summed E-state index contributed by atoms with van der Waals surface area (Å²) < 4.78 is 2.06. The minimum Gasteiger partial charge on any atom is -0.380 e. The van der Waals surface area contributed by atoms with Crippen LogP contribution < -0.4 is 5.32 Å². The number of aromatic nitrogens is 2. The van der Waals surface area contributed by atoms with Gasteiger partial charge in [0.05, 0.1) is 18.4 Å². The summed E-state index contributed by atoms with van der Waals surface area (Å²) in [4.78, 5) is 5.01. The molecule has 5 heteroatoms. The quantitative estimate of drug-likeness (QED) is 0.838. The second kappa shape index (κ2) is 8.15. The van der Waals surface area contributed by atoms with Gasteiger partial charge in [0.2, 0.25) is 0 Å². The van der Waals surface area contributed by atoms with Crippen molar-refractivity contribution < 1.29 is 0 Å². The zero-order valence-electron chi connectivity index (χ0n) is 15.7. The molecule has 1 aromatic heterocycles. The molecular formula is C18H35N5. The van der Waals surface area contributed by atoms with Gasteiger partial charge in [0.15, 0.2) is 0 Å². The van der Waals surface area contributed by atoms with Crippen LogP contribution in [0.2, 0.25) is 0 Å². The van der Waals surface area contributed by atoms with E-state index in [0.29, 0.717) is 11.6 Å². The van der Waals surface area contributed by atoms with Crippen molar-refractivity contribution in [2.75, 3.05) is 38.0 Å². The molecule has 1 fully saturated rings. The summed E-state index contributed by atoms with van der Waals surface area (Å²) >= 11 is 0. The molecule has 0 amide bonds. The van der Waals surface area contributed by atoms with Crippen molar-refractivity contribution in [1.29, 1.82) is 0 Å². The summed E-state index contributed by atoms with van der Waals surface area (Å²) in [6, 6.07) is 0.578. The van der Waals surface area contributed by atoms with Crippen LogP contribution in [0.25, 0.3) is 0 Å².